The van der Waals surface area contributed by atoms with E-state index in [9.17, 15) is 9.59 Å². The Balaban J connectivity index is 1.58. The number of hydrogen-bond donors (Lipinski definition) is 2. The number of aromatic amines is 1. The Labute approximate surface area is 205 Å². The number of nitrogens with two attached hydrogens (primary N) is 1. The van der Waals surface area contributed by atoms with Crippen molar-refractivity contribution in [1.82, 2.24) is 20.1 Å². The fraction of sp³-hybridized carbons (Fsp3) is 0.407. The molecule has 8 nitrogen and oxygen atoms in total. The van der Waals surface area contributed by atoms with Crippen molar-refractivity contribution in [1.29, 1.82) is 0 Å². The first-order valence-corrected chi connectivity index (χ1v) is 12.4. The highest BCUT2D eigenvalue weighted by Crippen LogP contribution is 2.32. The summed E-state index contributed by atoms with van der Waals surface area (Å²) >= 11 is 0. The topological polar surface area (TPSA) is 114 Å². The van der Waals surface area contributed by atoms with Crippen LogP contribution in [0.5, 0.6) is 6.01 Å². The van der Waals surface area contributed by atoms with Gasteiger partial charge in [0.2, 0.25) is 5.91 Å². The van der Waals surface area contributed by atoms with Crippen LogP contribution in [0.15, 0.2) is 36.4 Å². The van der Waals surface area contributed by atoms with Gasteiger partial charge in [-0.15, -0.1) is 5.10 Å². The quantitative estimate of drug-likeness (QED) is 0.509. The minimum atomic E-state index is -0.407. The summed E-state index contributed by atoms with van der Waals surface area (Å²) < 4.78 is 5.44. The molecule has 8 heteroatoms. The first-order chi connectivity index (χ1) is 17.0. The molecule has 184 valence electrons. The zero-order chi connectivity index (χ0) is 24.9. The lowest BCUT2D eigenvalue weighted by Crippen LogP contribution is -2.38. The Hall–Kier alpha value is -3.68. The molecule has 35 heavy (non-hydrogen) atoms. The number of aromatic nitrogens is 3. The van der Waals surface area contributed by atoms with Crippen molar-refractivity contribution in [3.05, 3.63) is 64.2 Å². The lowest BCUT2D eigenvalue weighted by Gasteiger charge is -2.33. The van der Waals surface area contributed by atoms with Crippen molar-refractivity contribution in [2.75, 3.05) is 19.7 Å². The molecule has 1 aromatic heterocycles. The molecule has 3 N–H and O–H groups in total. The van der Waals surface area contributed by atoms with Gasteiger partial charge in [-0.1, -0.05) is 43.2 Å². The summed E-state index contributed by atoms with van der Waals surface area (Å²) in [6.07, 6.45) is 3.15. The average Bonchev–Trinajstić information content (AvgIpc) is 3.36. The molecule has 2 aromatic carbocycles. The van der Waals surface area contributed by atoms with Crippen molar-refractivity contribution in [3.8, 4) is 17.4 Å². The lowest BCUT2D eigenvalue weighted by atomic mass is 9.86. The molecule has 0 saturated carbocycles. The SMILES string of the molecule is CCOc1nnc(-c2cc(C(=O)N3CCC(c4ccccc4C(N)=O)CC3)c(CC)cc2CC)[nH]1. The van der Waals surface area contributed by atoms with Crippen LogP contribution in [0.2, 0.25) is 0 Å². The second kappa shape index (κ2) is 10.7. The molecule has 0 unspecified atom stereocenters. The maximum atomic E-state index is 13.7. The van der Waals surface area contributed by atoms with E-state index in [0.29, 0.717) is 42.7 Å². The van der Waals surface area contributed by atoms with Gasteiger partial charge < -0.3 is 15.4 Å². The van der Waals surface area contributed by atoms with Crippen molar-refractivity contribution in [2.24, 2.45) is 5.73 Å². The number of carbonyl (C=O) groups excluding carboxylic acids is 2. The summed E-state index contributed by atoms with van der Waals surface area (Å²) in [4.78, 5) is 30.6. The number of piperidine rings is 1. The smallest absolute Gasteiger partial charge is 0.314 e. The van der Waals surface area contributed by atoms with E-state index in [1.807, 2.05) is 36.1 Å². The second-order valence-electron chi connectivity index (χ2n) is 8.80. The van der Waals surface area contributed by atoms with Crippen LogP contribution in [0, 0.1) is 0 Å². The van der Waals surface area contributed by atoms with Crippen molar-refractivity contribution in [2.45, 2.75) is 52.4 Å². The van der Waals surface area contributed by atoms with Crippen LogP contribution >= 0.6 is 0 Å². The molecule has 0 aliphatic carbocycles. The number of ether oxygens (including phenoxy) is 1. The number of carbonyl (C=O) groups is 2. The van der Waals surface area contributed by atoms with Crippen LogP contribution in [-0.2, 0) is 12.8 Å². The third-order valence-corrected chi connectivity index (χ3v) is 6.77. The van der Waals surface area contributed by atoms with E-state index in [2.05, 4.69) is 35.1 Å². The summed E-state index contributed by atoms with van der Waals surface area (Å²) in [7, 11) is 0. The second-order valence-corrected chi connectivity index (χ2v) is 8.80. The van der Waals surface area contributed by atoms with Gasteiger partial charge in [-0.2, -0.15) is 0 Å². The number of nitrogens with zero attached hydrogens (tertiary/aromatic N) is 3. The molecule has 0 spiro atoms. The Morgan fingerprint density at radius 2 is 1.74 bits per heavy atom. The van der Waals surface area contributed by atoms with Crippen LogP contribution in [0.1, 0.15) is 76.9 Å². The van der Waals surface area contributed by atoms with E-state index in [-0.39, 0.29) is 11.8 Å². The fourth-order valence-electron chi connectivity index (χ4n) is 4.91. The van der Waals surface area contributed by atoms with E-state index in [1.165, 1.54) is 0 Å². The first kappa shape index (κ1) is 24.4. The third-order valence-electron chi connectivity index (χ3n) is 6.77. The fourth-order valence-corrected chi connectivity index (χ4v) is 4.91. The highest BCUT2D eigenvalue weighted by molar-refractivity contribution is 5.97. The molecule has 4 rings (SSSR count). The van der Waals surface area contributed by atoms with Crippen LogP contribution in [0.25, 0.3) is 11.4 Å². The van der Waals surface area contributed by atoms with Crippen LogP contribution in [0.4, 0.5) is 0 Å². The van der Waals surface area contributed by atoms with Gasteiger partial charge in [0, 0.05) is 29.8 Å². The summed E-state index contributed by atoms with van der Waals surface area (Å²) in [6.45, 7) is 7.80. The Morgan fingerprint density at radius 1 is 1.03 bits per heavy atom. The predicted molar refractivity (Wildman–Crippen MR) is 135 cm³/mol. The van der Waals surface area contributed by atoms with Gasteiger partial charge >= 0.3 is 6.01 Å². The molecular weight excluding hydrogens is 442 g/mol. The molecule has 2 amide bonds. The Kier molecular flexibility index (Phi) is 7.48. The summed E-state index contributed by atoms with van der Waals surface area (Å²) in [6, 6.07) is 11.9. The summed E-state index contributed by atoms with van der Waals surface area (Å²) in [5.41, 5.74) is 10.8. The number of likely N-dealkylation sites (tertiary alicyclic amines) is 1. The molecule has 1 saturated heterocycles. The summed E-state index contributed by atoms with van der Waals surface area (Å²) in [5.74, 6) is 0.424. The Bertz CT molecular complexity index is 1210. The van der Waals surface area contributed by atoms with Gasteiger partial charge in [-0.25, -0.2) is 0 Å². The first-order valence-electron chi connectivity index (χ1n) is 12.4. The standard InChI is InChI=1S/C27H33N5O3/c1-4-17-15-18(5-2)23(16-22(17)25-29-27(31-30-25)35-6-3)26(34)32-13-11-19(12-14-32)20-9-7-8-10-21(20)24(28)33/h7-10,15-16,19H,4-6,11-14H2,1-3H3,(H2,28,33)(H,29,30,31). The van der Waals surface area contributed by atoms with Gasteiger partial charge in [0.25, 0.3) is 5.91 Å². The average molecular weight is 476 g/mol. The number of rotatable bonds is 8. The number of benzene rings is 2. The monoisotopic (exact) mass is 475 g/mol. The minimum Gasteiger partial charge on any atom is -0.464 e. The molecule has 1 aliphatic heterocycles. The van der Waals surface area contributed by atoms with Gasteiger partial charge in [-0.3, -0.25) is 14.6 Å². The molecule has 0 bridgehead atoms. The number of nitrogens with one attached hydrogen (secondary N) is 1. The minimum absolute atomic E-state index is 0.0249. The van der Waals surface area contributed by atoms with E-state index in [0.717, 1.165) is 47.9 Å². The van der Waals surface area contributed by atoms with Crippen LogP contribution in [0.3, 0.4) is 0 Å². The Morgan fingerprint density at radius 3 is 2.40 bits per heavy atom. The molecule has 1 aliphatic rings. The van der Waals surface area contributed by atoms with Gasteiger partial charge in [0.15, 0.2) is 5.82 Å². The maximum Gasteiger partial charge on any atom is 0.314 e. The maximum absolute atomic E-state index is 13.7. The van der Waals surface area contributed by atoms with E-state index < -0.39 is 5.91 Å². The molecule has 0 atom stereocenters. The number of amides is 2. The highest BCUT2D eigenvalue weighted by Gasteiger charge is 2.28. The van der Waals surface area contributed by atoms with Crippen molar-refractivity contribution >= 4 is 11.8 Å². The van der Waals surface area contributed by atoms with Gasteiger partial charge in [-0.05, 0) is 67.3 Å². The van der Waals surface area contributed by atoms with E-state index >= 15 is 0 Å². The lowest BCUT2D eigenvalue weighted by molar-refractivity contribution is 0.0710. The van der Waals surface area contributed by atoms with Crippen LogP contribution < -0.4 is 10.5 Å². The molecular formula is C27H33N5O3. The molecule has 1 fully saturated rings. The predicted octanol–water partition coefficient (Wildman–Crippen LogP) is 4.11. The zero-order valence-corrected chi connectivity index (χ0v) is 20.6. The summed E-state index contributed by atoms with van der Waals surface area (Å²) in [5, 5.41) is 8.32. The normalized spacial score (nSPS) is 14.2. The molecule has 3 aromatic rings. The number of H-pyrrole nitrogens is 1. The third kappa shape index (κ3) is 5.06. The number of hydrogen-bond acceptors (Lipinski definition) is 5. The van der Waals surface area contributed by atoms with Gasteiger partial charge in [0.05, 0.1) is 6.61 Å². The largest absolute Gasteiger partial charge is 0.464 e. The zero-order valence-electron chi connectivity index (χ0n) is 20.6. The van der Waals surface area contributed by atoms with E-state index in [1.54, 1.807) is 6.07 Å². The van der Waals surface area contributed by atoms with Crippen LogP contribution in [-0.4, -0.2) is 51.6 Å². The van der Waals surface area contributed by atoms with E-state index in [4.69, 9.17) is 10.5 Å². The molecule has 2 heterocycles. The highest BCUT2D eigenvalue weighted by atomic mass is 16.5. The number of primary amides is 1. The van der Waals surface area contributed by atoms with Gasteiger partial charge in [0.1, 0.15) is 0 Å². The van der Waals surface area contributed by atoms with Crippen molar-refractivity contribution in [3.63, 3.8) is 0 Å². The molecule has 0 radical (unpaired) electrons. The number of aryl methyl sites for hydroxylation is 2. The van der Waals surface area contributed by atoms with Crippen molar-refractivity contribution < 1.29 is 14.3 Å².